The fourth-order valence-electron chi connectivity index (χ4n) is 3.71. The summed E-state index contributed by atoms with van der Waals surface area (Å²) in [5.41, 5.74) is -5.03. The van der Waals surface area contributed by atoms with E-state index in [1.165, 1.54) is 50.4 Å². The fraction of sp³-hybridized carbons (Fsp3) is 0.357. The molecule has 1 heterocycles. The zero-order chi connectivity index (χ0) is 30.6. The summed E-state index contributed by atoms with van der Waals surface area (Å²) in [5, 5.41) is 22.6. The van der Waals surface area contributed by atoms with Crippen LogP contribution in [-0.2, 0) is 11.1 Å². The monoisotopic (exact) mass is 599 g/mol. The summed E-state index contributed by atoms with van der Waals surface area (Å²) < 4.78 is 67.5. The van der Waals surface area contributed by atoms with Gasteiger partial charge in [-0.15, -0.1) is 0 Å². The number of methoxy groups -OCH3 is 1. The van der Waals surface area contributed by atoms with E-state index in [4.69, 9.17) is 21.3 Å². The molecule has 41 heavy (non-hydrogen) atoms. The Kier molecular flexibility index (Phi) is 9.85. The van der Waals surface area contributed by atoms with Crippen LogP contribution in [0.1, 0.15) is 42.4 Å². The fourth-order valence-corrected chi connectivity index (χ4v) is 3.82. The first kappa shape index (κ1) is 32.1. The van der Waals surface area contributed by atoms with Crippen LogP contribution in [0.5, 0.6) is 11.5 Å². The van der Waals surface area contributed by atoms with Crippen molar-refractivity contribution in [2.75, 3.05) is 20.3 Å². The number of rotatable bonds is 11. The van der Waals surface area contributed by atoms with Gasteiger partial charge in [0.2, 0.25) is 5.60 Å². The van der Waals surface area contributed by atoms with E-state index in [1.54, 1.807) is 13.8 Å². The van der Waals surface area contributed by atoms with Crippen molar-refractivity contribution in [1.82, 2.24) is 15.1 Å². The minimum absolute atomic E-state index is 0.0176. The molecule has 0 saturated heterocycles. The summed E-state index contributed by atoms with van der Waals surface area (Å²) >= 11 is 5.85. The molecule has 0 bridgehead atoms. The Balaban J connectivity index is 2.00. The number of nitrogens with zero attached hydrogens (tertiary/aromatic N) is 1. The number of pyridine rings is 1. The number of hydrogen-bond donors (Lipinski definition) is 4. The summed E-state index contributed by atoms with van der Waals surface area (Å²) in [6.45, 7) is 3.37. The van der Waals surface area contributed by atoms with Crippen molar-refractivity contribution in [2.45, 2.75) is 44.2 Å². The van der Waals surface area contributed by atoms with Gasteiger partial charge in [-0.2, -0.15) is 13.2 Å². The van der Waals surface area contributed by atoms with Gasteiger partial charge in [-0.05, 0) is 92.7 Å². The van der Waals surface area contributed by atoms with E-state index in [2.05, 4.69) is 15.1 Å². The predicted molar refractivity (Wildman–Crippen MR) is 144 cm³/mol. The van der Waals surface area contributed by atoms with Crippen LogP contribution in [0.25, 0.3) is 11.3 Å². The van der Waals surface area contributed by atoms with Crippen molar-refractivity contribution < 1.29 is 42.0 Å². The summed E-state index contributed by atoms with van der Waals surface area (Å²) in [6, 6.07) is 11.3. The molecular formula is C28H30ClF4N3O5. The zero-order valence-electron chi connectivity index (χ0n) is 22.6. The van der Waals surface area contributed by atoms with Gasteiger partial charge in [0.05, 0.1) is 36.7 Å². The van der Waals surface area contributed by atoms with Gasteiger partial charge in [-0.1, -0.05) is 0 Å². The first-order valence-corrected chi connectivity index (χ1v) is 12.7. The number of halogens is 5. The molecule has 0 aliphatic rings. The lowest BCUT2D eigenvalue weighted by Gasteiger charge is -2.32. The highest BCUT2D eigenvalue weighted by Crippen LogP contribution is 2.40. The minimum Gasteiger partial charge on any atom is -0.493 e. The van der Waals surface area contributed by atoms with Crippen molar-refractivity contribution in [3.63, 3.8) is 0 Å². The van der Waals surface area contributed by atoms with Crippen molar-refractivity contribution in [2.24, 2.45) is 0 Å². The third kappa shape index (κ3) is 7.45. The Morgan fingerprint density at radius 2 is 1.73 bits per heavy atom. The van der Waals surface area contributed by atoms with Gasteiger partial charge in [0.15, 0.2) is 11.5 Å². The smallest absolute Gasteiger partial charge is 0.424 e. The van der Waals surface area contributed by atoms with Gasteiger partial charge >= 0.3 is 6.18 Å². The molecule has 13 heteroatoms. The van der Waals surface area contributed by atoms with E-state index < -0.39 is 47.4 Å². The topological polar surface area (TPSA) is 113 Å². The second-order valence-electron chi connectivity index (χ2n) is 9.92. The second-order valence-corrected chi connectivity index (χ2v) is 10.1. The van der Waals surface area contributed by atoms with Crippen molar-refractivity contribution >= 4 is 17.7 Å². The molecule has 0 aliphatic heterocycles. The van der Waals surface area contributed by atoms with Crippen molar-refractivity contribution in [3.8, 4) is 22.8 Å². The van der Waals surface area contributed by atoms with E-state index >= 15 is 0 Å². The van der Waals surface area contributed by atoms with Crippen LogP contribution < -0.4 is 19.6 Å². The van der Waals surface area contributed by atoms with E-state index in [1.807, 2.05) is 0 Å². The Hall–Kier alpha value is -3.45. The van der Waals surface area contributed by atoms with Crippen LogP contribution in [0.3, 0.4) is 0 Å². The third-order valence-electron chi connectivity index (χ3n) is 6.23. The average Bonchev–Trinajstić information content (AvgIpc) is 2.93. The number of aliphatic hydroxyl groups is 2. The van der Waals surface area contributed by atoms with E-state index in [9.17, 15) is 32.6 Å². The molecule has 0 aliphatic carbocycles. The van der Waals surface area contributed by atoms with Crippen molar-refractivity contribution in [3.05, 3.63) is 77.2 Å². The van der Waals surface area contributed by atoms with Crippen LogP contribution in [0.2, 0.25) is 0 Å². The Morgan fingerprint density at radius 3 is 2.29 bits per heavy atom. The molecule has 8 nitrogen and oxygen atoms in total. The van der Waals surface area contributed by atoms with Gasteiger partial charge in [0, 0.05) is 11.1 Å². The summed E-state index contributed by atoms with van der Waals surface area (Å²) in [4.78, 5) is 19.4. The molecule has 3 rings (SSSR count). The molecule has 1 aromatic heterocycles. The maximum atomic E-state index is 14.5. The second kappa shape index (κ2) is 12.6. The summed E-state index contributed by atoms with van der Waals surface area (Å²) in [5.74, 6) is -1.17. The zero-order valence-corrected chi connectivity index (χ0v) is 23.4. The van der Waals surface area contributed by atoms with Gasteiger partial charge in [-0.3, -0.25) is 4.79 Å². The molecule has 2 atom stereocenters. The predicted octanol–water partition coefficient (Wildman–Crippen LogP) is 4.81. The standard InChI is InChI=1S/C28H30ClF4N3O5/c1-16(37)14-41-22-10-7-18(11-23(22)40-4)25(38)34-15-27(39,28(31,32)33)24-13-19(26(2,3)36-29)12-21(35-24)17-5-8-20(30)9-6-17/h5-13,16,36-37,39H,14-15H2,1-4H3,(H,34,38)/t16-,27-/m1/s1. The van der Waals surface area contributed by atoms with Crippen LogP contribution in [-0.4, -0.2) is 53.6 Å². The number of carbonyl (C=O) groups excluding carboxylic acids is 1. The highest BCUT2D eigenvalue weighted by atomic mass is 35.5. The first-order chi connectivity index (χ1) is 19.1. The normalized spacial score (nSPS) is 14.2. The number of carbonyl (C=O) groups is 1. The number of aliphatic hydroxyl groups excluding tert-OH is 1. The van der Waals surface area contributed by atoms with Gasteiger partial charge in [0.25, 0.3) is 5.91 Å². The number of ether oxygens (including phenoxy) is 2. The third-order valence-corrected chi connectivity index (χ3v) is 6.70. The summed E-state index contributed by atoms with van der Waals surface area (Å²) in [6.07, 6.45) is -6.05. The van der Waals surface area contributed by atoms with E-state index in [0.29, 0.717) is 5.56 Å². The Bertz CT molecular complexity index is 1370. The van der Waals surface area contributed by atoms with Crippen LogP contribution in [0.4, 0.5) is 17.6 Å². The van der Waals surface area contributed by atoms with E-state index in [-0.39, 0.29) is 34.9 Å². The molecule has 1 amide bonds. The molecule has 2 aromatic carbocycles. The van der Waals surface area contributed by atoms with Gasteiger partial charge < -0.3 is 25.0 Å². The average molecular weight is 600 g/mol. The number of aromatic nitrogens is 1. The van der Waals surface area contributed by atoms with Crippen LogP contribution >= 0.6 is 11.8 Å². The largest absolute Gasteiger partial charge is 0.493 e. The molecule has 222 valence electrons. The Labute approximate surface area is 239 Å². The lowest BCUT2D eigenvalue weighted by atomic mass is 9.89. The minimum atomic E-state index is -5.28. The highest BCUT2D eigenvalue weighted by Gasteiger charge is 2.56. The maximum Gasteiger partial charge on any atom is 0.424 e. The quantitative estimate of drug-likeness (QED) is 0.185. The summed E-state index contributed by atoms with van der Waals surface area (Å²) in [7, 11) is 1.31. The molecule has 0 saturated carbocycles. The molecule has 0 radical (unpaired) electrons. The number of hydrogen-bond acceptors (Lipinski definition) is 7. The number of benzene rings is 2. The first-order valence-electron chi connectivity index (χ1n) is 12.3. The highest BCUT2D eigenvalue weighted by molar-refractivity contribution is 6.13. The Morgan fingerprint density at radius 1 is 1.07 bits per heavy atom. The lowest BCUT2D eigenvalue weighted by Crippen LogP contribution is -2.51. The van der Waals surface area contributed by atoms with Crippen LogP contribution in [0, 0.1) is 5.82 Å². The van der Waals surface area contributed by atoms with Gasteiger partial charge in [0.1, 0.15) is 12.4 Å². The molecule has 0 fully saturated rings. The van der Waals surface area contributed by atoms with Crippen LogP contribution in [0.15, 0.2) is 54.6 Å². The van der Waals surface area contributed by atoms with E-state index in [0.717, 1.165) is 18.2 Å². The number of alkyl halides is 3. The molecule has 4 N–H and O–H groups in total. The number of amides is 1. The van der Waals surface area contributed by atoms with Crippen molar-refractivity contribution in [1.29, 1.82) is 0 Å². The molecule has 0 unspecified atom stereocenters. The molecule has 3 aromatic rings. The SMILES string of the molecule is COc1cc(C(=O)NC[C@@](O)(c2cc(C(C)(C)NCl)cc(-c3ccc(F)cc3)n2)C(F)(F)F)ccc1OC[C@@H](C)O. The molecule has 0 spiro atoms. The maximum absolute atomic E-state index is 14.5. The number of nitrogens with one attached hydrogen (secondary N) is 2. The van der Waals surface area contributed by atoms with Gasteiger partial charge in [-0.25, -0.2) is 14.2 Å². The lowest BCUT2D eigenvalue weighted by molar-refractivity contribution is -0.265. The molecular weight excluding hydrogens is 570 g/mol.